The number of piperidine rings is 1. The summed E-state index contributed by atoms with van der Waals surface area (Å²) >= 11 is 0. The van der Waals surface area contributed by atoms with Crippen LogP contribution in [0.15, 0.2) is 0 Å². The first kappa shape index (κ1) is 10.4. The molecule has 3 unspecified atom stereocenters. The Morgan fingerprint density at radius 1 is 1.60 bits per heavy atom. The molecule has 15 heavy (non-hydrogen) atoms. The second-order valence-electron chi connectivity index (χ2n) is 4.26. The molecule has 0 amide bonds. The van der Waals surface area contributed by atoms with Gasteiger partial charge in [0.1, 0.15) is 11.6 Å². The van der Waals surface area contributed by atoms with Gasteiger partial charge in [-0.3, -0.25) is 14.9 Å². The maximum Gasteiger partial charge on any atom is 0.323 e. The summed E-state index contributed by atoms with van der Waals surface area (Å²) in [5, 5.41) is 12.0. The van der Waals surface area contributed by atoms with E-state index in [1.807, 2.05) is 0 Å². The smallest absolute Gasteiger partial charge is 0.323 e. The van der Waals surface area contributed by atoms with Crippen molar-refractivity contribution in [2.75, 3.05) is 6.61 Å². The van der Waals surface area contributed by atoms with Crippen LogP contribution in [0.1, 0.15) is 26.2 Å². The van der Waals surface area contributed by atoms with Gasteiger partial charge in [-0.25, -0.2) is 0 Å². The monoisotopic (exact) mass is 213 g/mol. The van der Waals surface area contributed by atoms with Crippen LogP contribution in [0.3, 0.4) is 0 Å². The van der Waals surface area contributed by atoms with E-state index in [1.54, 1.807) is 6.92 Å². The average molecular weight is 213 g/mol. The highest BCUT2D eigenvalue weighted by molar-refractivity contribution is 5.84. The lowest BCUT2D eigenvalue weighted by Crippen LogP contribution is -2.53. The predicted octanol–water partition coefficient (Wildman–Crippen LogP) is 0.145. The Balaban J connectivity index is 2.09. The molecule has 2 bridgehead atoms. The average Bonchev–Trinajstić information content (AvgIpc) is 2.76. The quantitative estimate of drug-likeness (QED) is 0.652. The highest BCUT2D eigenvalue weighted by Crippen LogP contribution is 2.43. The van der Waals surface area contributed by atoms with Crippen LogP contribution in [0, 0.1) is 5.92 Å². The Morgan fingerprint density at radius 3 is 2.87 bits per heavy atom. The number of hydrogen-bond donors (Lipinski definition) is 2. The van der Waals surface area contributed by atoms with Crippen LogP contribution < -0.4 is 5.32 Å². The fourth-order valence-corrected chi connectivity index (χ4v) is 2.65. The van der Waals surface area contributed by atoms with Gasteiger partial charge in [-0.2, -0.15) is 0 Å². The van der Waals surface area contributed by atoms with Gasteiger partial charge in [0.2, 0.25) is 0 Å². The topological polar surface area (TPSA) is 75.6 Å². The van der Waals surface area contributed by atoms with Crippen LogP contribution in [-0.4, -0.2) is 35.2 Å². The van der Waals surface area contributed by atoms with Crippen molar-refractivity contribution in [1.82, 2.24) is 5.32 Å². The second-order valence-corrected chi connectivity index (χ2v) is 4.26. The van der Waals surface area contributed by atoms with Gasteiger partial charge in [-0.1, -0.05) is 0 Å². The molecule has 5 nitrogen and oxygen atoms in total. The van der Waals surface area contributed by atoms with E-state index in [9.17, 15) is 9.59 Å². The highest BCUT2D eigenvalue weighted by Gasteiger charge is 2.57. The Hall–Kier alpha value is -1.10. The Kier molecular flexibility index (Phi) is 2.42. The van der Waals surface area contributed by atoms with E-state index >= 15 is 0 Å². The van der Waals surface area contributed by atoms with Crippen molar-refractivity contribution in [2.24, 2.45) is 5.92 Å². The van der Waals surface area contributed by atoms with Gasteiger partial charge in [0.15, 0.2) is 0 Å². The molecule has 84 valence electrons. The fourth-order valence-electron chi connectivity index (χ4n) is 2.65. The summed E-state index contributed by atoms with van der Waals surface area (Å²) in [5.41, 5.74) is -0.873. The molecule has 1 aliphatic heterocycles. The molecule has 1 heterocycles. The van der Waals surface area contributed by atoms with Crippen LogP contribution in [0.4, 0.5) is 0 Å². The number of carbonyl (C=O) groups is 2. The zero-order valence-corrected chi connectivity index (χ0v) is 8.66. The van der Waals surface area contributed by atoms with Crippen LogP contribution in [0.25, 0.3) is 0 Å². The van der Waals surface area contributed by atoms with Gasteiger partial charge in [-0.15, -0.1) is 0 Å². The molecule has 0 aromatic carbocycles. The first-order valence-corrected chi connectivity index (χ1v) is 5.27. The molecule has 0 radical (unpaired) electrons. The van der Waals surface area contributed by atoms with E-state index in [-0.39, 0.29) is 11.9 Å². The molecule has 1 saturated heterocycles. The molecule has 0 spiro atoms. The standard InChI is InChI=1S/C10H15NO4/c1-2-15-8(12)7-6-3-4-10(5-6,11-7)9(13)14/h6-7,11H,2-5H2,1H3,(H,13,14). The molecule has 2 fully saturated rings. The lowest BCUT2D eigenvalue weighted by Gasteiger charge is -2.27. The number of hydrogen-bond acceptors (Lipinski definition) is 4. The summed E-state index contributed by atoms with van der Waals surface area (Å²) in [7, 11) is 0. The maximum atomic E-state index is 11.5. The van der Waals surface area contributed by atoms with Crippen molar-refractivity contribution in [3.63, 3.8) is 0 Å². The number of nitrogens with one attached hydrogen (secondary N) is 1. The number of ether oxygens (including phenoxy) is 1. The Labute approximate surface area is 87.8 Å². The molecular weight excluding hydrogens is 198 g/mol. The van der Waals surface area contributed by atoms with Crippen molar-refractivity contribution in [3.8, 4) is 0 Å². The van der Waals surface area contributed by atoms with Crippen LogP contribution in [0.2, 0.25) is 0 Å². The molecule has 0 aromatic heterocycles. The number of aliphatic carboxylic acids is 1. The third-order valence-electron chi connectivity index (χ3n) is 3.41. The Bertz CT molecular complexity index is 304. The van der Waals surface area contributed by atoms with E-state index in [0.717, 1.165) is 6.42 Å². The zero-order chi connectivity index (χ0) is 11.1. The van der Waals surface area contributed by atoms with E-state index in [2.05, 4.69) is 5.32 Å². The third-order valence-corrected chi connectivity index (χ3v) is 3.41. The summed E-state index contributed by atoms with van der Waals surface area (Å²) in [6.45, 7) is 2.09. The summed E-state index contributed by atoms with van der Waals surface area (Å²) in [6, 6.07) is -0.421. The summed E-state index contributed by atoms with van der Waals surface area (Å²) < 4.78 is 4.91. The minimum atomic E-state index is -0.873. The van der Waals surface area contributed by atoms with Gasteiger partial charge >= 0.3 is 11.9 Å². The van der Waals surface area contributed by atoms with Gasteiger partial charge < -0.3 is 9.84 Å². The van der Waals surface area contributed by atoms with Gasteiger partial charge in [-0.05, 0) is 32.1 Å². The number of carboxylic acids is 1. The van der Waals surface area contributed by atoms with Gasteiger partial charge in [0.25, 0.3) is 0 Å². The Morgan fingerprint density at radius 2 is 2.33 bits per heavy atom. The first-order chi connectivity index (χ1) is 7.09. The molecule has 1 aliphatic carbocycles. The number of fused-ring (bicyclic) bond motifs is 2. The van der Waals surface area contributed by atoms with Crippen LogP contribution in [0.5, 0.6) is 0 Å². The number of rotatable bonds is 3. The van der Waals surface area contributed by atoms with E-state index < -0.39 is 17.6 Å². The van der Waals surface area contributed by atoms with Gasteiger partial charge in [0, 0.05) is 0 Å². The normalized spacial score (nSPS) is 37.9. The largest absolute Gasteiger partial charge is 0.480 e. The molecule has 5 heteroatoms. The number of carbonyl (C=O) groups excluding carboxylic acids is 1. The first-order valence-electron chi connectivity index (χ1n) is 5.27. The van der Waals surface area contributed by atoms with Crippen LogP contribution in [-0.2, 0) is 14.3 Å². The molecule has 2 rings (SSSR count). The lowest BCUT2D eigenvalue weighted by atomic mass is 9.98. The molecular formula is C10H15NO4. The third kappa shape index (κ3) is 1.51. The van der Waals surface area contributed by atoms with Crippen LogP contribution >= 0.6 is 0 Å². The van der Waals surface area contributed by atoms with Gasteiger partial charge in [0.05, 0.1) is 6.61 Å². The SMILES string of the molecule is CCOC(=O)C1NC2(C(=O)O)CCC1C2. The lowest BCUT2D eigenvalue weighted by molar-refractivity contribution is -0.148. The van der Waals surface area contributed by atoms with Crippen molar-refractivity contribution >= 4 is 11.9 Å². The zero-order valence-electron chi connectivity index (χ0n) is 8.66. The summed E-state index contributed by atoms with van der Waals surface area (Å²) in [5.74, 6) is -1.04. The number of carboxylic acid groups (broad SMARTS) is 1. The summed E-state index contributed by atoms with van der Waals surface area (Å²) in [4.78, 5) is 22.6. The second kappa shape index (κ2) is 3.48. The molecule has 1 saturated carbocycles. The predicted molar refractivity (Wildman–Crippen MR) is 51.3 cm³/mol. The minimum Gasteiger partial charge on any atom is -0.480 e. The number of esters is 1. The van der Waals surface area contributed by atoms with E-state index in [0.29, 0.717) is 19.4 Å². The van der Waals surface area contributed by atoms with E-state index in [1.165, 1.54) is 0 Å². The summed E-state index contributed by atoms with van der Waals surface area (Å²) in [6.07, 6.45) is 1.96. The highest BCUT2D eigenvalue weighted by atomic mass is 16.5. The van der Waals surface area contributed by atoms with Crippen molar-refractivity contribution < 1.29 is 19.4 Å². The molecule has 2 N–H and O–H groups in total. The van der Waals surface area contributed by atoms with E-state index in [4.69, 9.17) is 9.84 Å². The maximum absolute atomic E-state index is 11.5. The molecule has 0 aromatic rings. The molecule has 3 atom stereocenters. The minimum absolute atomic E-state index is 0.125. The van der Waals surface area contributed by atoms with Crippen molar-refractivity contribution in [2.45, 2.75) is 37.8 Å². The van der Waals surface area contributed by atoms with Crippen molar-refractivity contribution in [3.05, 3.63) is 0 Å². The van der Waals surface area contributed by atoms with Crippen molar-refractivity contribution in [1.29, 1.82) is 0 Å². The molecule has 2 aliphatic rings. The fraction of sp³-hybridized carbons (Fsp3) is 0.800.